The Bertz CT molecular complexity index is 561. The van der Waals surface area contributed by atoms with Crippen LogP contribution in [-0.4, -0.2) is 132 Å². The fourth-order valence-electron chi connectivity index (χ4n) is 1.85. The van der Waals surface area contributed by atoms with Crippen molar-refractivity contribution in [2.24, 2.45) is 0 Å². The molecule has 0 heterocycles. The summed E-state index contributed by atoms with van der Waals surface area (Å²) in [5.74, 6) is -0.809. The van der Waals surface area contributed by atoms with E-state index in [1.165, 1.54) is 0 Å². The first kappa shape index (κ1) is 31.7. The molecule has 30 heavy (non-hydrogen) atoms. The van der Waals surface area contributed by atoms with Gasteiger partial charge in [0.05, 0.1) is 62.2 Å². The monoisotopic (exact) mass is 486 g/mol. The molecule has 10 N–H and O–H groups in total. The SMILES string of the molecule is O=S(=O)(O)CCCNC(CO)(CO)CO.O=S(=O)(O)CCCNC(CO)(CO)CO. The summed E-state index contributed by atoms with van der Waals surface area (Å²) in [4.78, 5) is 0. The zero-order valence-corrected chi connectivity index (χ0v) is 18.1. The lowest BCUT2D eigenvalue weighted by atomic mass is 10.0. The standard InChI is InChI=1S/2C7H17NO6S/c2*9-4-7(5-10,6-11)8-2-1-3-15(12,13)14/h2*8-11H,1-6H2,(H,12,13,14). The summed E-state index contributed by atoms with van der Waals surface area (Å²) in [5.41, 5.74) is -2.42. The first-order valence-corrected chi connectivity index (χ1v) is 12.1. The van der Waals surface area contributed by atoms with E-state index in [-0.39, 0.29) is 25.9 Å². The van der Waals surface area contributed by atoms with Crippen LogP contribution in [0.3, 0.4) is 0 Å². The van der Waals surface area contributed by atoms with Crippen LogP contribution in [0.4, 0.5) is 0 Å². The second kappa shape index (κ2) is 15.3. The molecule has 0 aliphatic heterocycles. The minimum absolute atomic E-state index is 0.126. The Labute approximate surface area is 176 Å². The van der Waals surface area contributed by atoms with Crippen molar-refractivity contribution in [3.63, 3.8) is 0 Å². The fourth-order valence-corrected chi connectivity index (χ4v) is 2.87. The van der Waals surface area contributed by atoms with Gasteiger partial charge in [0.15, 0.2) is 0 Å². The topological polar surface area (TPSA) is 254 Å². The highest BCUT2D eigenvalue weighted by Crippen LogP contribution is 2.02. The molecular formula is C14H34N2O12S2. The number of nitrogens with one attached hydrogen (secondary N) is 2. The summed E-state index contributed by atoms with van der Waals surface area (Å²) < 4.78 is 58.2. The molecule has 0 bridgehead atoms. The smallest absolute Gasteiger partial charge is 0.264 e. The predicted octanol–water partition coefficient (Wildman–Crippen LogP) is -4.86. The highest BCUT2D eigenvalue weighted by Gasteiger charge is 2.27. The molecule has 0 rings (SSSR count). The van der Waals surface area contributed by atoms with Gasteiger partial charge in [0, 0.05) is 0 Å². The van der Waals surface area contributed by atoms with Crippen molar-refractivity contribution < 1.29 is 56.6 Å². The van der Waals surface area contributed by atoms with Crippen molar-refractivity contribution >= 4 is 20.2 Å². The van der Waals surface area contributed by atoms with Gasteiger partial charge in [-0.2, -0.15) is 16.8 Å². The number of rotatable bonds is 16. The van der Waals surface area contributed by atoms with Gasteiger partial charge in [-0.15, -0.1) is 0 Å². The predicted molar refractivity (Wildman–Crippen MR) is 106 cm³/mol. The van der Waals surface area contributed by atoms with Gasteiger partial charge in [-0.25, -0.2) is 0 Å². The summed E-state index contributed by atoms with van der Waals surface area (Å²) in [6.07, 6.45) is 0.251. The molecule has 0 aromatic carbocycles. The first-order chi connectivity index (χ1) is 13.8. The Balaban J connectivity index is 0. The maximum atomic E-state index is 10.3. The van der Waals surface area contributed by atoms with Crippen LogP contribution in [0, 0.1) is 0 Å². The first-order valence-electron chi connectivity index (χ1n) is 8.83. The average molecular weight is 487 g/mol. The molecule has 0 saturated heterocycles. The molecule has 0 saturated carbocycles. The van der Waals surface area contributed by atoms with Crippen LogP contribution in [0.2, 0.25) is 0 Å². The van der Waals surface area contributed by atoms with Crippen molar-refractivity contribution in [2.75, 3.05) is 64.2 Å². The van der Waals surface area contributed by atoms with E-state index in [0.29, 0.717) is 0 Å². The lowest BCUT2D eigenvalue weighted by Crippen LogP contribution is -2.55. The van der Waals surface area contributed by atoms with E-state index < -0.39 is 82.5 Å². The largest absolute Gasteiger partial charge is 0.394 e. The lowest BCUT2D eigenvalue weighted by molar-refractivity contribution is 0.0427. The molecule has 0 aromatic heterocycles. The third-order valence-corrected chi connectivity index (χ3v) is 5.58. The Morgan fingerprint density at radius 1 is 0.533 bits per heavy atom. The van der Waals surface area contributed by atoms with E-state index in [1.54, 1.807) is 0 Å². The molecule has 0 aliphatic rings. The zero-order chi connectivity index (χ0) is 23.9. The molecule has 0 aromatic rings. The van der Waals surface area contributed by atoms with Crippen molar-refractivity contribution in [2.45, 2.75) is 23.9 Å². The molecule has 0 radical (unpaired) electrons. The van der Waals surface area contributed by atoms with E-state index in [0.717, 1.165) is 0 Å². The quantitative estimate of drug-likeness (QED) is 0.0725. The van der Waals surface area contributed by atoms with E-state index in [1.807, 2.05) is 0 Å². The van der Waals surface area contributed by atoms with Gasteiger partial charge in [0.2, 0.25) is 0 Å². The van der Waals surface area contributed by atoms with E-state index in [4.69, 9.17) is 39.7 Å². The maximum absolute atomic E-state index is 10.3. The van der Waals surface area contributed by atoms with E-state index in [2.05, 4.69) is 10.6 Å². The Morgan fingerprint density at radius 3 is 0.933 bits per heavy atom. The summed E-state index contributed by atoms with van der Waals surface area (Å²) in [6.45, 7) is -2.49. The number of aliphatic hydroxyl groups excluding tert-OH is 6. The molecule has 184 valence electrons. The van der Waals surface area contributed by atoms with Gasteiger partial charge in [0.1, 0.15) is 0 Å². The summed E-state index contributed by atoms with van der Waals surface area (Å²) in [6, 6.07) is 0. The summed E-state index contributed by atoms with van der Waals surface area (Å²) in [7, 11) is -7.98. The molecular weight excluding hydrogens is 452 g/mol. The highest BCUT2D eigenvalue weighted by atomic mass is 32.2. The highest BCUT2D eigenvalue weighted by molar-refractivity contribution is 7.86. The Morgan fingerprint density at radius 2 is 0.767 bits per heavy atom. The van der Waals surface area contributed by atoms with Crippen LogP contribution < -0.4 is 10.6 Å². The van der Waals surface area contributed by atoms with Gasteiger partial charge < -0.3 is 41.3 Å². The molecule has 0 atom stereocenters. The second-order valence-corrected chi connectivity index (χ2v) is 9.79. The molecule has 0 amide bonds. The van der Waals surface area contributed by atoms with Gasteiger partial charge in [-0.1, -0.05) is 0 Å². The van der Waals surface area contributed by atoms with Gasteiger partial charge in [-0.3, -0.25) is 9.11 Å². The summed E-state index contributed by atoms with van der Waals surface area (Å²) in [5, 5.41) is 58.6. The van der Waals surface area contributed by atoms with Crippen LogP contribution in [-0.2, 0) is 20.2 Å². The minimum Gasteiger partial charge on any atom is -0.394 e. The molecule has 14 nitrogen and oxygen atoms in total. The van der Waals surface area contributed by atoms with Gasteiger partial charge in [-0.05, 0) is 25.9 Å². The molecule has 0 spiro atoms. The molecule has 16 heteroatoms. The molecule has 0 unspecified atom stereocenters. The van der Waals surface area contributed by atoms with Crippen LogP contribution in [0.15, 0.2) is 0 Å². The van der Waals surface area contributed by atoms with Crippen LogP contribution in [0.1, 0.15) is 12.8 Å². The van der Waals surface area contributed by atoms with Gasteiger partial charge in [0.25, 0.3) is 20.2 Å². The third-order valence-electron chi connectivity index (χ3n) is 3.97. The average Bonchev–Trinajstić information content (AvgIpc) is 2.68. The van der Waals surface area contributed by atoms with Crippen molar-refractivity contribution in [1.82, 2.24) is 10.6 Å². The lowest BCUT2D eigenvalue weighted by Gasteiger charge is -2.28. The normalized spacial score (nSPS) is 13.1. The maximum Gasteiger partial charge on any atom is 0.264 e. The Hall–Kier alpha value is -0.500. The van der Waals surface area contributed by atoms with Crippen LogP contribution >= 0.6 is 0 Å². The number of aliphatic hydroxyl groups is 6. The van der Waals surface area contributed by atoms with Gasteiger partial charge >= 0.3 is 0 Å². The Kier molecular flexibility index (Phi) is 16.2. The number of hydrogen-bond donors (Lipinski definition) is 10. The van der Waals surface area contributed by atoms with Crippen LogP contribution in [0.25, 0.3) is 0 Å². The second-order valence-electron chi connectivity index (χ2n) is 6.64. The van der Waals surface area contributed by atoms with Crippen molar-refractivity contribution in [1.29, 1.82) is 0 Å². The number of hydrogen-bond acceptors (Lipinski definition) is 12. The van der Waals surface area contributed by atoms with E-state index in [9.17, 15) is 16.8 Å². The van der Waals surface area contributed by atoms with Crippen molar-refractivity contribution in [3.05, 3.63) is 0 Å². The third kappa shape index (κ3) is 15.3. The van der Waals surface area contributed by atoms with E-state index >= 15 is 0 Å². The zero-order valence-electron chi connectivity index (χ0n) is 16.5. The summed E-state index contributed by atoms with van der Waals surface area (Å²) >= 11 is 0. The molecule has 0 fully saturated rings. The fraction of sp³-hybridized carbons (Fsp3) is 1.00. The molecule has 0 aliphatic carbocycles. The van der Waals surface area contributed by atoms with Crippen LogP contribution in [0.5, 0.6) is 0 Å². The minimum atomic E-state index is -3.99. The van der Waals surface area contributed by atoms with Crippen molar-refractivity contribution in [3.8, 4) is 0 Å².